The maximum Gasteiger partial charge on any atom is 0.172 e. The topological polar surface area (TPSA) is 36.9 Å². The van der Waals surface area contributed by atoms with Gasteiger partial charge in [0.05, 0.1) is 12.7 Å². The Kier molecular flexibility index (Phi) is 7.51. The number of hydrogen-bond donors (Lipinski definition) is 1. The van der Waals surface area contributed by atoms with Crippen molar-refractivity contribution in [1.29, 1.82) is 0 Å². The summed E-state index contributed by atoms with van der Waals surface area (Å²) in [6.07, 6.45) is 9.01. The molecule has 4 nitrogen and oxygen atoms in total. The van der Waals surface area contributed by atoms with Crippen LogP contribution in [-0.2, 0) is 11.3 Å². The van der Waals surface area contributed by atoms with Crippen molar-refractivity contribution in [2.45, 2.75) is 24.6 Å². The number of thioether (sulfide) groups is 1. The summed E-state index contributed by atoms with van der Waals surface area (Å²) < 4.78 is 6.30. The molecule has 0 radical (unpaired) electrons. The zero-order chi connectivity index (χ0) is 18.9. The van der Waals surface area contributed by atoms with Gasteiger partial charge in [0.15, 0.2) is 5.50 Å². The van der Waals surface area contributed by atoms with Gasteiger partial charge >= 0.3 is 0 Å². The van der Waals surface area contributed by atoms with Crippen LogP contribution in [-0.4, -0.2) is 31.6 Å². The number of ether oxygens (including phenoxy) is 1. The smallest absolute Gasteiger partial charge is 0.172 e. The van der Waals surface area contributed by atoms with Crippen LogP contribution in [0, 0.1) is 0 Å². The summed E-state index contributed by atoms with van der Waals surface area (Å²) in [7, 11) is 1.97. The molecule has 0 bridgehead atoms. The van der Waals surface area contributed by atoms with E-state index in [1.165, 1.54) is 11.1 Å². The summed E-state index contributed by atoms with van der Waals surface area (Å²) in [5, 5.41) is 3.22. The highest BCUT2D eigenvalue weighted by Crippen LogP contribution is 2.27. The minimum absolute atomic E-state index is 0.0823. The number of aliphatic imine (C=N–C) groups is 1. The predicted molar refractivity (Wildman–Crippen MR) is 116 cm³/mol. The second kappa shape index (κ2) is 10.3. The van der Waals surface area contributed by atoms with E-state index in [-0.39, 0.29) is 11.6 Å². The molecule has 1 heterocycles. The third kappa shape index (κ3) is 5.45. The Labute approximate surface area is 166 Å². The van der Waals surface area contributed by atoms with Crippen molar-refractivity contribution in [2.75, 3.05) is 24.7 Å². The van der Waals surface area contributed by atoms with Crippen LogP contribution in [0.5, 0.6) is 0 Å². The fraction of sp³-hybridized carbons (Fsp3) is 0.318. The van der Waals surface area contributed by atoms with Crippen LogP contribution < -0.4 is 10.2 Å². The Morgan fingerprint density at radius 2 is 2.04 bits per heavy atom. The minimum Gasteiger partial charge on any atom is -0.369 e. The summed E-state index contributed by atoms with van der Waals surface area (Å²) in [4.78, 5) is 6.71. The van der Waals surface area contributed by atoms with Crippen LogP contribution in [0.15, 0.2) is 71.9 Å². The number of nitrogens with one attached hydrogen (secondary N) is 1. The van der Waals surface area contributed by atoms with Crippen LogP contribution in [0.3, 0.4) is 0 Å². The highest BCUT2D eigenvalue weighted by atomic mass is 32.2. The van der Waals surface area contributed by atoms with Crippen molar-refractivity contribution in [3.05, 3.63) is 78.0 Å². The van der Waals surface area contributed by atoms with Gasteiger partial charge in [0.2, 0.25) is 0 Å². The van der Waals surface area contributed by atoms with Gasteiger partial charge in [-0.15, -0.1) is 11.8 Å². The Morgan fingerprint density at radius 3 is 2.81 bits per heavy atom. The molecule has 142 valence electrons. The lowest BCUT2D eigenvalue weighted by Crippen LogP contribution is -2.28. The number of benzene rings is 2. The summed E-state index contributed by atoms with van der Waals surface area (Å²) in [5.74, 6) is 0. The van der Waals surface area contributed by atoms with Gasteiger partial charge in [-0.25, -0.2) is 0 Å². The van der Waals surface area contributed by atoms with Crippen molar-refractivity contribution in [2.24, 2.45) is 4.99 Å². The molecule has 2 atom stereocenters. The van der Waals surface area contributed by atoms with Crippen molar-refractivity contribution < 1.29 is 4.74 Å². The van der Waals surface area contributed by atoms with Crippen LogP contribution in [0.4, 0.5) is 5.69 Å². The van der Waals surface area contributed by atoms with E-state index < -0.39 is 0 Å². The first-order chi connectivity index (χ1) is 13.3. The maximum absolute atomic E-state index is 6.30. The molecule has 0 saturated heterocycles. The van der Waals surface area contributed by atoms with Crippen molar-refractivity contribution >= 4 is 23.7 Å². The molecule has 0 aromatic heterocycles. The van der Waals surface area contributed by atoms with Crippen molar-refractivity contribution in [1.82, 2.24) is 5.32 Å². The van der Waals surface area contributed by atoms with Gasteiger partial charge in [0, 0.05) is 18.1 Å². The molecule has 1 aliphatic heterocycles. The Morgan fingerprint density at radius 1 is 1.19 bits per heavy atom. The number of nitrogens with zero attached hydrogens (tertiary/aromatic N) is 2. The van der Waals surface area contributed by atoms with E-state index in [2.05, 4.69) is 76.2 Å². The molecule has 2 aromatic carbocycles. The number of anilines is 1. The van der Waals surface area contributed by atoms with Gasteiger partial charge in [0.25, 0.3) is 0 Å². The van der Waals surface area contributed by atoms with E-state index in [1.807, 2.05) is 25.4 Å². The molecular formula is C22H27N3OS. The van der Waals surface area contributed by atoms with Gasteiger partial charge < -0.3 is 15.0 Å². The molecule has 2 unspecified atom stereocenters. The molecule has 2 aromatic rings. The molecule has 5 heteroatoms. The first kappa shape index (κ1) is 19.7. The Hall–Kier alpha value is -2.08. The lowest BCUT2D eigenvalue weighted by Gasteiger charge is -2.28. The summed E-state index contributed by atoms with van der Waals surface area (Å²) >= 11 is 1.72. The van der Waals surface area contributed by atoms with E-state index in [4.69, 9.17) is 4.74 Å². The molecule has 0 saturated carbocycles. The largest absolute Gasteiger partial charge is 0.369 e. The molecule has 0 spiro atoms. The highest BCUT2D eigenvalue weighted by molar-refractivity contribution is 7.99. The number of hydrogen-bond acceptors (Lipinski definition) is 5. The second-order valence-corrected chi connectivity index (χ2v) is 7.27. The van der Waals surface area contributed by atoms with Crippen LogP contribution >= 0.6 is 11.8 Å². The summed E-state index contributed by atoms with van der Waals surface area (Å²) in [6.45, 7) is 1.51. The third-order valence-corrected chi connectivity index (χ3v) is 5.25. The SMILES string of the molecule is CNCCC(OCc1cccc(N2C=CC=NC2SC)c1)c1ccccc1. The third-order valence-electron chi connectivity index (χ3n) is 4.48. The lowest BCUT2D eigenvalue weighted by atomic mass is 10.1. The molecule has 1 aliphatic rings. The monoisotopic (exact) mass is 381 g/mol. The Bertz CT molecular complexity index is 763. The number of allylic oxidation sites excluding steroid dienone is 1. The lowest BCUT2D eigenvalue weighted by molar-refractivity contribution is 0.0344. The van der Waals surface area contributed by atoms with Gasteiger partial charge in [-0.3, -0.25) is 4.99 Å². The van der Waals surface area contributed by atoms with E-state index in [9.17, 15) is 0 Å². The molecule has 27 heavy (non-hydrogen) atoms. The van der Waals surface area contributed by atoms with Crippen molar-refractivity contribution in [3.8, 4) is 0 Å². The van der Waals surface area contributed by atoms with Gasteiger partial charge in [-0.1, -0.05) is 42.5 Å². The molecule has 1 N–H and O–H groups in total. The summed E-state index contributed by atoms with van der Waals surface area (Å²) in [6, 6.07) is 19.0. The average molecular weight is 382 g/mol. The zero-order valence-corrected chi connectivity index (χ0v) is 16.7. The molecule has 0 amide bonds. The zero-order valence-electron chi connectivity index (χ0n) is 15.9. The fourth-order valence-electron chi connectivity index (χ4n) is 3.08. The molecule has 0 aliphatic carbocycles. The average Bonchev–Trinajstić information content (AvgIpc) is 2.74. The van der Waals surface area contributed by atoms with E-state index in [0.717, 1.165) is 18.7 Å². The van der Waals surface area contributed by atoms with E-state index in [1.54, 1.807) is 11.8 Å². The highest BCUT2D eigenvalue weighted by Gasteiger charge is 2.17. The second-order valence-electron chi connectivity index (χ2n) is 6.38. The van der Waals surface area contributed by atoms with E-state index >= 15 is 0 Å². The van der Waals surface area contributed by atoms with E-state index in [0.29, 0.717) is 6.61 Å². The van der Waals surface area contributed by atoms with Crippen LogP contribution in [0.2, 0.25) is 0 Å². The predicted octanol–water partition coefficient (Wildman–Crippen LogP) is 4.61. The molecule has 0 fully saturated rings. The molecular weight excluding hydrogens is 354 g/mol. The first-order valence-electron chi connectivity index (χ1n) is 9.23. The van der Waals surface area contributed by atoms with Crippen LogP contribution in [0.1, 0.15) is 23.7 Å². The first-order valence-corrected chi connectivity index (χ1v) is 10.5. The van der Waals surface area contributed by atoms with Gasteiger partial charge in [-0.05, 0) is 55.6 Å². The van der Waals surface area contributed by atoms with Gasteiger partial charge in [0.1, 0.15) is 0 Å². The van der Waals surface area contributed by atoms with Crippen LogP contribution in [0.25, 0.3) is 0 Å². The van der Waals surface area contributed by atoms with Gasteiger partial charge in [-0.2, -0.15) is 0 Å². The standard InChI is InChI=1S/C22H27N3OS/c1-23-14-12-21(19-9-4-3-5-10-19)26-17-18-8-6-11-20(16-18)25-15-7-13-24-22(25)27-2/h3-11,13,15-16,21-23H,12,14,17H2,1-2H3. The summed E-state index contributed by atoms with van der Waals surface area (Å²) in [5.41, 5.74) is 3.61. The van der Waals surface area contributed by atoms with Crippen molar-refractivity contribution in [3.63, 3.8) is 0 Å². The number of rotatable bonds is 9. The Balaban J connectivity index is 1.69. The normalized spacial score (nSPS) is 17.3. The quantitative estimate of drug-likeness (QED) is 0.688. The maximum atomic E-state index is 6.30. The minimum atomic E-state index is 0.0823. The fourth-order valence-corrected chi connectivity index (χ4v) is 3.69. The molecule has 3 rings (SSSR count).